The minimum atomic E-state index is -0.810. The molecule has 4 atom stereocenters. The van der Waals surface area contributed by atoms with Gasteiger partial charge >= 0.3 is 0 Å². The van der Waals surface area contributed by atoms with Crippen LogP contribution in [0.1, 0.15) is 59.6 Å². The van der Waals surface area contributed by atoms with Crippen molar-refractivity contribution in [3.63, 3.8) is 0 Å². The molecule has 2 aromatic carbocycles. The molecule has 6 rings (SSSR count). The number of carbonyl (C=O) groups is 3. The second-order valence-corrected chi connectivity index (χ2v) is 10.1. The quantitative estimate of drug-likeness (QED) is 0.465. The van der Waals surface area contributed by atoms with E-state index in [-0.39, 0.29) is 29.7 Å². The molecular formula is C29H30N2O5. The Labute approximate surface area is 210 Å². The molecule has 186 valence electrons. The zero-order chi connectivity index (χ0) is 25.0. The number of Topliss-reactive ketones (excluding diaryl/α,β-unsaturated/α-hetero) is 1. The molecule has 3 aliphatic heterocycles. The van der Waals surface area contributed by atoms with Crippen LogP contribution in [0.25, 0.3) is 6.08 Å². The largest absolute Gasteiger partial charge is 0.497 e. The number of carbonyl (C=O) groups excluding carboxylic acids is 3. The molecule has 3 fully saturated rings. The van der Waals surface area contributed by atoms with Gasteiger partial charge in [-0.2, -0.15) is 0 Å². The number of amides is 2. The van der Waals surface area contributed by atoms with Crippen LogP contribution in [0.4, 0.5) is 0 Å². The molecule has 36 heavy (non-hydrogen) atoms. The first-order valence-corrected chi connectivity index (χ1v) is 12.7. The van der Waals surface area contributed by atoms with Crippen LogP contribution < -0.4 is 9.47 Å². The lowest BCUT2D eigenvalue weighted by Gasteiger charge is -2.37. The summed E-state index contributed by atoms with van der Waals surface area (Å²) in [6, 6.07) is 11.8. The van der Waals surface area contributed by atoms with Gasteiger partial charge < -0.3 is 14.4 Å². The van der Waals surface area contributed by atoms with Crippen LogP contribution in [0.15, 0.2) is 48.7 Å². The van der Waals surface area contributed by atoms with Crippen LogP contribution in [0.5, 0.6) is 11.5 Å². The van der Waals surface area contributed by atoms with Gasteiger partial charge in [-0.1, -0.05) is 43.5 Å². The minimum absolute atomic E-state index is 0.0747. The normalized spacial score (nSPS) is 27.1. The van der Waals surface area contributed by atoms with E-state index in [2.05, 4.69) is 0 Å². The topological polar surface area (TPSA) is 76.1 Å². The maximum Gasteiger partial charge on any atom is 0.236 e. The van der Waals surface area contributed by atoms with Crippen molar-refractivity contribution in [2.45, 2.75) is 50.2 Å². The van der Waals surface area contributed by atoms with Crippen LogP contribution in [0.3, 0.4) is 0 Å². The third-order valence-electron chi connectivity index (χ3n) is 8.38. The predicted octanol–water partition coefficient (Wildman–Crippen LogP) is 4.23. The molecule has 0 bridgehead atoms. The monoisotopic (exact) mass is 486 g/mol. The van der Waals surface area contributed by atoms with Crippen LogP contribution >= 0.6 is 0 Å². The summed E-state index contributed by atoms with van der Waals surface area (Å²) in [5, 5.41) is 0. The Balaban J connectivity index is 1.48. The Morgan fingerprint density at radius 2 is 1.67 bits per heavy atom. The first-order chi connectivity index (χ1) is 17.5. The highest BCUT2D eigenvalue weighted by atomic mass is 16.5. The molecule has 7 heteroatoms. The van der Waals surface area contributed by atoms with Gasteiger partial charge in [0.25, 0.3) is 0 Å². The molecule has 7 nitrogen and oxygen atoms in total. The van der Waals surface area contributed by atoms with E-state index in [1.165, 1.54) is 12.0 Å². The number of benzene rings is 2. The van der Waals surface area contributed by atoms with E-state index < -0.39 is 17.9 Å². The number of fused-ring (bicyclic) bond motifs is 5. The van der Waals surface area contributed by atoms with Crippen molar-refractivity contribution in [3.8, 4) is 11.5 Å². The number of imide groups is 1. The summed E-state index contributed by atoms with van der Waals surface area (Å²) in [6.45, 7) is 0. The van der Waals surface area contributed by atoms with Gasteiger partial charge in [0.1, 0.15) is 17.5 Å². The molecular weight excluding hydrogens is 456 g/mol. The van der Waals surface area contributed by atoms with Crippen LogP contribution in [0.2, 0.25) is 0 Å². The van der Waals surface area contributed by atoms with Gasteiger partial charge in [0.05, 0.1) is 37.7 Å². The van der Waals surface area contributed by atoms with Crippen molar-refractivity contribution < 1.29 is 23.9 Å². The molecule has 0 radical (unpaired) electrons. The number of hydrogen-bond acceptors (Lipinski definition) is 6. The molecule has 2 saturated heterocycles. The minimum Gasteiger partial charge on any atom is -0.497 e. The van der Waals surface area contributed by atoms with E-state index in [0.29, 0.717) is 17.1 Å². The smallest absolute Gasteiger partial charge is 0.236 e. The zero-order valence-electron chi connectivity index (χ0n) is 20.6. The second kappa shape index (κ2) is 8.80. The highest BCUT2D eigenvalue weighted by molar-refractivity contribution is 6.13. The maximum atomic E-state index is 14.2. The molecule has 4 aliphatic rings. The van der Waals surface area contributed by atoms with E-state index in [1.54, 1.807) is 25.3 Å². The standard InChI is InChI=1S/C29H30N2O5/c1-35-19-12-13-22(36-2)21(16-19)27(32)26-24-23(25-20-11-7-6-8-17(20)14-15-30(25)26)28(33)31(29(24)34)18-9-4-3-5-10-18/h6-8,11-16,18,23-26H,3-5,9-10H2,1-2H3/t23-,24+,25-,26-/m0/s1. The fourth-order valence-electron chi connectivity index (χ4n) is 6.75. The van der Waals surface area contributed by atoms with Gasteiger partial charge in [0.15, 0.2) is 5.78 Å². The average Bonchev–Trinajstić information content (AvgIpc) is 3.40. The van der Waals surface area contributed by atoms with E-state index in [9.17, 15) is 14.4 Å². The molecule has 1 aliphatic carbocycles. The summed E-state index contributed by atoms with van der Waals surface area (Å²) in [7, 11) is 3.06. The zero-order valence-corrected chi connectivity index (χ0v) is 20.6. The molecule has 2 aromatic rings. The van der Waals surface area contributed by atoms with Crippen molar-refractivity contribution in [2.75, 3.05) is 14.2 Å². The van der Waals surface area contributed by atoms with E-state index in [1.807, 2.05) is 41.4 Å². The third-order valence-corrected chi connectivity index (χ3v) is 8.38. The fraction of sp³-hybridized carbons (Fsp3) is 0.414. The molecule has 0 unspecified atom stereocenters. The van der Waals surface area contributed by atoms with E-state index in [0.717, 1.165) is 43.2 Å². The number of hydrogen-bond donors (Lipinski definition) is 0. The van der Waals surface area contributed by atoms with Crippen molar-refractivity contribution in [1.29, 1.82) is 0 Å². The van der Waals surface area contributed by atoms with Crippen molar-refractivity contribution >= 4 is 23.7 Å². The highest BCUT2D eigenvalue weighted by Gasteiger charge is 2.65. The van der Waals surface area contributed by atoms with Crippen molar-refractivity contribution in [2.24, 2.45) is 11.8 Å². The maximum absolute atomic E-state index is 14.2. The molecule has 2 amide bonds. The van der Waals surface area contributed by atoms with Gasteiger partial charge in [-0.05, 0) is 48.2 Å². The molecule has 0 spiro atoms. The van der Waals surface area contributed by atoms with Crippen LogP contribution in [-0.2, 0) is 9.59 Å². The van der Waals surface area contributed by atoms with Gasteiger partial charge in [-0.15, -0.1) is 0 Å². The van der Waals surface area contributed by atoms with E-state index >= 15 is 0 Å². The Morgan fingerprint density at radius 1 is 0.917 bits per heavy atom. The number of nitrogens with zero attached hydrogens (tertiary/aromatic N) is 2. The van der Waals surface area contributed by atoms with Gasteiger partial charge in [-0.25, -0.2) is 0 Å². The Bertz CT molecular complexity index is 1260. The van der Waals surface area contributed by atoms with Gasteiger partial charge in [-0.3, -0.25) is 19.3 Å². The number of ether oxygens (including phenoxy) is 2. The van der Waals surface area contributed by atoms with Gasteiger partial charge in [0.2, 0.25) is 11.8 Å². The van der Waals surface area contributed by atoms with Crippen molar-refractivity contribution in [1.82, 2.24) is 9.80 Å². The number of likely N-dealkylation sites (tertiary alicyclic amines) is 1. The highest BCUT2D eigenvalue weighted by Crippen LogP contribution is 2.54. The number of methoxy groups -OCH3 is 2. The Hall–Kier alpha value is -3.61. The lowest BCUT2D eigenvalue weighted by atomic mass is 9.83. The lowest BCUT2D eigenvalue weighted by Crippen LogP contribution is -2.47. The third kappa shape index (κ3) is 3.29. The van der Waals surface area contributed by atoms with Gasteiger partial charge in [0, 0.05) is 12.2 Å². The Morgan fingerprint density at radius 3 is 2.42 bits per heavy atom. The average molecular weight is 487 g/mol. The number of ketones is 1. The molecule has 3 heterocycles. The van der Waals surface area contributed by atoms with Crippen molar-refractivity contribution in [3.05, 3.63) is 65.4 Å². The molecule has 1 saturated carbocycles. The Kier molecular flexibility index (Phi) is 5.58. The first-order valence-electron chi connectivity index (χ1n) is 12.7. The number of rotatable bonds is 5. The fourth-order valence-corrected chi connectivity index (χ4v) is 6.75. The predicted molar refractivity (Wildman–Crippen MR) is 133 cm³/mol. The summed E-state index contributed by atoms with van der Waals surface area (Å²) in [6.07, 6.45) is 8.68. The molecule has 0 N–H and O–H groups in total. The van der Waals surface area contributed by atoms with Crippen LogP contribution in [0, 0.1) is 11.8 Å². The summed E-state index contributed by atoms with van der Waals surface area (Å²) < 4.78 is 10.9. The summed E-state index contributed by atoms with van der Waals surface area (Å²) in [5.41, 5.74) is 2.35. The lowest BCUT2D eigenvalue weighted by molar-refractivity contribution is -0.144. The van der Waals surface area contributed by atoms with Crippen LogP contribution in [-0.4, -0.2) is 53.7 Å². The SMILES string of the molecule is COc1ccc(OC)c(C(=O)[C@@H]2[C@@H]3C(=O)N(C4CCCCC4)C(=O)[C@@H]3[C@@H]3c4ccccc4C=CN23)c1. The first kappa shape index (κ1) is 22.8. The summed E-state index contributed by atoms with van der Waals surface area (Å²) >= 11 is 0. The van der Waals surface area contributed by atoms with E-state index in [4.69, 9.17) is 9.47 Å². The summed E-state index contributed by atoms with van der Waals surface area (Å²) in [4.78, 5) is 45.7. The molecule has 0 aromatic heterocycles. The summed E-state index contributed by atoms with van der Waals surface area (Å²) in [5.74, 6) is -0.980. The second-order valence-electron chi connectivity index (χ2n) is 10.1.